The predicted octanol–water partition coefficient (Wildman–Crippen LogP) is -0.351. The summed E-state index contributed by atoms with van der Waals surface area (Å²) in [4.78, 5) is 29.2. The van der Waals surface area contributed by atoms with Crippen molar-refractivity contribution in [3.63, 3.8) is 0 Å². The maximum atomic E-state index is 11.5. The molecule has 0 aliphatic carbocycles. The highest BCUT2D eigenvalue weighted by atomic mass is 16.4. The molecule has 0 radical (unpaired) electrons. The third-order valence-electron chi connectivity index (χ3n) is 2.44. The molecule has 100 valence electrons. The minimum Gasteiger partial charge on any atom is -0.480 e. The van der Waals surface area contributed by atoms with E-state index in [1.165, 1.54) is 12.5 Å². The van der Waals surface area contributed by atoms with Gasteiger partial charge >= 0.3 is 5.97 Å². The Morgan fingerprint density at radius 2 is 2.33 bits per heavy atom. The van der Waals surface area contributed by atoms with E-state index in [4.69, 9.17) is 10.8 Å². The van der Waals surface area contributed by atoms with Crippen LogP contribution in [0.25, 0.3) is 0 Å². The zero-order valence-electron chi connectivity index (χ0n) is 10.2. The number of nitrogens with one attached hydrogen (secondary N) is 2. The number of carbonyl (C=O) groups excluding carboxylic acids is 1. The number of nitrogens with two attached hydrogens (primary N) is 1. The van der Waals surface area contributed by atoms with Gasteiger partial charge in [0.05, 0.1) is 6.33 Å². The topological polar surface area (TPSA) is 121 Å². The highest BCUT2D eigenvalue weighted by Crippen LogP contribution is 2.00. The standard InChI is InChI=1S/C11H18N4O3/c1-7(12)2-3-10(16)15-9(11(17)18)4-8-5-13-6-14-8/h5-7,9H,2-4,12H2,1H3,(H,13,14)(H,15,16)(H,17,18)/t7?,9-/m1/s1. The molecule has 0 saturated carbocycles. The molecule has 1 amide bonds. The molecule has 0 spiro atoms. The fraction of sp³-hybridized carbons (Fsp3) is 0.545. The predicted molar refractivity (Wildman–Crippen MR) is 64.7 cm³/mol. The monoisotopic (exact) mass is 254 g/mol. The fourth-order valence-corrected chi connectivity index (χ4v) is 1.44. The zero-order valence-corrected chi connectivity index (χ0v) is 10.2. The fourth-order valence-electron chi connectivity index (χ4n) is 1.44. The lowest BCUT2D eigenvalue weighted by atomic mass is 10.1. The number of hydrogen-bond donors (Lipinski definition) is 4. The van der Waals surface area contributed by atoms with Crippen LogP contribution in [0, 0.1) is 0 Å². The van der Waals surface area contributed by atoms with E-state index in [1.54, 1.807) is 6.92 Å². The van der Waals surface area contributed by atoms with Crippen molar-refractivity contribution in [3.05, 3.63) is 18.2 Å². The van der Waals surface area contributed by atoms with E-state index in [1.807, 2.05) is 0 Å². The van der Waals surface area contributed by atoms with E-state index < -0.39 is 12.0 Å². The maximum absolute atomic E-state index is 11.5. The van der Waals surface area contributed by atoms with Gasteiger partial charge in [-0.15, -0.1) is 0 Å². The van der Waals surface area contributed by atoms with Gasteiger partial charge in [-0.2, -0.15) is 0 Å². The average molecular weight is 254 g/mol. The molecule has 5 N–H and O–H groups in total. The van der Waals surface area contributed by atoms with Crippen molar-refractivity contribution in [2.45, 2.75) is 38.3 Å². The molecular weight excluding hydrogens is 236 g/mol. The minimum absolute atomic E-state index is 0.0772. The average Bonchev–Trinajstić information content (AvgIpc) is 2.78. The van der Waals surface area contributed by atoms with Crippen LogP contribution in [-0.2, 0) is 16.0 Å². The minimum atomic E-state index is -1.07. The normalized spacial score (nSPS) is 13.9. The molecule has 0 fully saturated rings. The van der Waals surface area contributed by atoms with E-state index in [0.717, 1.165) is 0 Å². The molecule has 18 heavy (non-hydrogen) atoms. The molecule has 0 aromatic carbocycles. The Balaban J connectivity index is 2.48. The van der Waals surface area contributed by atoms with Crippen LogP contribution in [-0.4, -0.2) is 39.0 Å². The number of aromatic nitrogens is 2. The Morgan fingerprint density at radius 3 is 2.83 bits per heavy atom. The first kappa shape index (κ1) is 14.2. The Hall–Kier alpha value is -1.89. The van der Waals surface area contributed by atoms with Crippen LogP contribution in [0.2, 0.25) is 0 Å². The lowest BCUT2D eigenvalue weighted by Gasteiger charge is -2.14. The molecule has 0 saturated heterocycles. The first-order chi connectivity index (χ1) is 8.49. The summed E-state index contributed by atoms with van der Waals surface area (Å²) < 4.78 is 0. The summed E-state index contributed by atoms with van der Waals surface area (Å²) >= 11 is 0. The smallest absolute Gasteiger partial charge is 0.326 e. The van der Waals surface area contributed by atoms with Crippen LogP contribution in [0.5, 0.6) is 0 Å². The van der Waals surface area contributed by atoms with Crippen LogP contribution in [0.3, 0.4) is 0 Å². The van der Waals surface area contributed by atoms with Crippen LogP contribution in [0.4, 0.5) is 0 Å². The van der Waals surface area contributed by atoms with Crippen molar-refractivity contribution in [1.82, 2.24) is 15.3 Å². The van der Waals surface area contributed by atoms with Crippen LogP contribution >= 0.6 is 0 Å². The molecule has 1 heterocycles. The molecule has 1 unspecified atom stereocenters. The first-order valence-electron chi connectivity index (χ1n) is 5.74. The lowest BCUT2D eigenvalue weighted by molar-refractivity contribution is -0.141. The van der Waals surface area contributed by atoms with Crippen LogP contribution < -0.4 is 11.1 Å². The SMILES string of the molecule is CC(N)CCC(=O)N[C@H](Cc1cnc[nH]1)C(=O)O. The van der Waals surface area contributed by atoms with E-state index in [2.05, 4.69) is 15.3 Å². The quantitative estimate of drug-likeness (QED) is 0.530. The number of amides is 1. The highest BCUT2D eigenvalue weighted by molar-refractivity contribution is 5.83. The Bertz CT molecular complexity index is 389. The second-order valence-electron chi connectivity index (χ2n) is 4.26. The second kappa shape index (κ2) is 6.75. The van der Waals surface area contributed by atoms with Crippen molar-refractivity contribution in [2.75, 3.05) is 0 Å². The number of H-pyrrole nitrogens is 1. The summed E-state index contributed by atoms with van der Waals surface area (Å²) in [7, 11) is 0. The van der Waals surface area contributed by atoms with Gasteiger partial charge in [0.2, 0.25) is 5.91 Å². The largest absolute Gasteiger partial charge is 0.480 e. The van der Waals surface area contributed by atoms with Crippen LogP contribution in [0.15, 0.2) is 12.5 Å². The molecule has 1 rings (SSSR count). The van der Waals surface area contributed by atoms with Gasteiger partial charge in [-0.1, -0.05) is 0 Å². The molecule has 1 aromatic rings. The highest BCUT2D eigenvalue weighted by Gasteiger charge is 2.20. The molecule has 1 aromatic heterocycles. The molecule has 0 bridgehead atoms. The molecule has 7 heteroatoms. The van der Waals surface area contributed by atoms with Gasteiger partial charge < -0.3 is 21.1 Å². The zero-order chi connectivity index (χ0) is 13.5. The molecule has 7 nitrogen and oxygen atoms in total. The Morgan fingerprint density at radius 1 is 1.61 bits per heavy atom. The van der Waals surface area contributed by atoms with E-state index in [0.29, 0.717) is 12.1 Å². The van der Waals surface area contributed by atoms with Gasteiger partial charge in [-0.05, 0) is 13.3 Å². The number of carbonyl (C=O) groups is 2. The summed E-state index contributed by atoms with van der Waals surface area (Å²) in [6.07, 6.45) is 3.93. The number of hydrogen-bond acceptors (Lipinski definition) is 4. The molecular formula is C11H18N4O3. The van der Waals surface area contributed by atoms with Crippen molar-refractivity contribution in [3.8, 4) is 0 Å². The van der Waals surface area contributed by atoms with Gasteiger partial charge in [0.1, 0.15) is 6.04 Å². The number of carboxylic acid groups (broad SMARTS) is 1. The Kier molecular flexibility index (Phi) is 5.31. The van der Waals surface area contributed by atoms with Gasteiger partial charge in [0.15, 0.2) is 0 Å². The van der Waals surface area contributed by atoms with Gasteiger partial charge in [0.25, 0.3) is 0 Å². The van der Waals surface area contributed by atoms with Gasteiger partial charge in [-0.25, -0.2) is 9.78 Å². The maximum Gasteiger partial charge on any atom is 0.326 e. The summed E-state index contributed by atoms with van der Waals surface area (Å²) in [5, 5.41) is 11.5. The molecule has 2 atom stereocenters. The third-order valence-corrected chi connectivity index (χ3v) is 2.44. The number of nitrogens with zero attached hydrogens (tertiary/aromatic N) is 1. The number of carboxylic acids is 1. The van der Waals surface area contributed by atoms with Crippen molar-refractivity contribution >= 4 is 11.9 Å². The summed E-state index contributed by atoms with van der Waals surface area (Å²) in [6, 6.07) is -1.03. The number of aromatic amines is 1. The molecule has 0 aliphatic heterocycles. The third kappa shape index (κ3) is 4.96. The van der Waals surface area contributed by atoms with Gasteiger partial charge in [0, 0.05) is 30.8 Å². The van der Waals surface area contributed by atoms with E-state index >= 15 is 0 Å². The summed E-state index contributed by atoms with van der Waals surface area (Å²) in [5.74, 6) is -1.38. The van der Waals surface area contributed by atoms with Crippen molar-refractivity contribution in [2.24, 2.45) is 5.73 Å². The molecule has 0 aliphatic rings. The van der Waals surface area contributed by atoms with Crippen molar-refractivity contribution in [1.29, 1.82) is 0 Å². The van der Waals surface area contributed by atoms with E-state index in [-0.39, 0.29) is 24.8 Å². The lowest BCUT2D eigenvalue weighted by Crippen LogP contribution is -2.42. The second-order valence-corrected chi connectivity index (χ2v) is 4.26. The van der Waals surface area contributed by atoms with Crippen LogP contribution in [0.1, 0.15) is 25.5 Å². The van der Waals surface area contributed by atoms with Gasteiger partial charge in [-0.3, -0.25) is 4.79 Å². The number of rotatable bonds is 7. The summed E-state index contributed by atoms with van der Waals surface area (Å²) in [6.45, 7) is 1.80. The summed E-state index contributed by atoms with van der Waals surface area (Å²) in [5.41, 5.74) is 6.19. The number of imidazole rings is 1. The Labute approximate surface area is 105 Å². The first-order valence-corrected chi connectivity index (χ1v) is 5.74. The number of aliphatic carboxylic acids is 1. The van der Waals surface area contributed by atoms with Crippen molar-refractivity contribution < 1.29 is 14.7 Å². The van der Waals surface area contributed by atoms with E-state index in [9.17, 15) is 9.59 Å².